The Bertz CT molecular complexity index is 750. The summed E-state index contributed by atoms with van der Waals surface area (Å²) >= 11 is 0. The van der Waals surface area contributed by atoms with Crippen molar-refractivity contribution in [2.24, 2.45) is 0 Å². The molecule has 8 nitrogen and oxygen atoms in total. The molecule has 3 heterocycles. The molecule has 1 unspecified atom stereocenters. The van der Waals surface area contributed by atoms with Crippen LogP contribution >= 0.6 is 0 Å². The molecule has 1 atom stereocenters. The Morgan fingerprint density at radius 1 is 1.18 bits per heavy atom. The highest BCUT2D eigenvalue weighted by Crippen LogP contribution is 2.37. The zero-order chi connectivity index (χ0) is 24.7. The minimum absolute atomic E-state index is 0.0232. The van der Waals surface area contributed by atoms with Gasteiger partial charge in [-0.3, -0.25) is 0 Å². The molecule has 2 fully saturated rings. The summed E-state index contributed by atoms with van der Waals surface area (Å²) in [6.45, 7) is 15.8. The van der Waals surface area contributed by atoms with Gasteiger partial charge in [-0.05, 0) is 24.2 Å². The summed E-state index contributed by atoms with van der Waals surface area (Å²) < 4.78 is 43.5. The molecule has 2 saturated heterocycles. The van der Waals surface area contributed by atoms with Gasteiger partial charge in [0, 0.05) is 32.1 Å². The molecule has 2 aliphatic rings. The summed E-state index contributed by atoms with van der Waals surface area (Å²) in [4.78, 5) is 11.2. The van der Waals surface area contributed by atoms with Crippen LogP contribution in [0.15, 0.2) is 12.3 Å². The molecule has 0 aromatic carbocycles. The van der Waals surface area contributed by atoms with Gasteiger partial charge < -0.3 is 28.3 Å². The van der Waals surface area contributed by atoms with E-state index in [1.54, 1.807) is 6.20 Å². The lowest BCUT2D eigenvalue weighted by Crippen LogP contribution is -2.45. The molecule has 1 aromatic rings. The van der Waals surface area contributed by atoms with Crippen molar-refractivity contribution in [2.45, 2.75) is 70.1 Å². The van der Waals surface area contributed by atoms with Crippen LogP contribution in [0.5, 0.6) is 0 Å². The third-order valence-electron chi connectivity index (χ3n) is 6.95. The van der Waals surface area contributed by atoms with Crippen LogP contribution < -0.4 is 4.90 Å². The van der Waals surface area contributed by atoms with Crippen LogP contribution in [-0.4, -0.2) is 89.4 Å². The van der Waals surface area contributed by atoms with E-state index in [0.29, 0.717) is 78.1 Å². The molecule has 1 aromatic heterocycles. The molecule has 3 rings (SSSR count). The van der Waals surface area contributed by atoms with E-state index in [9.17, 15) is 0 Å². The summed E-state index contributed by atoms with van der Waals surface area (Å²) in [6.07, 6.45) is 2.51. The number of piperidine rings is 1. The predicted molar refractivity (Wildman–Crippen MR) is 132 cm³/mol. The van der Waals surface area contributed by atoms with Crippen LogP contribution in [0.2, 0.25) is 18.1 Å². The monoisotopic (exact) mass is 499 g/mol. The summed E-state index contributed by atoms with van der Waals surface area (Å²) in [7, 11) is -1.85. The quantitative estimate of drug-likeness (QED) is 0.337. The smallest absolute Gasteiger partial charge is 0.225 e. The van der Waals surface area contributed by atoms with Gasteiger partial charge in [0.15, 0.2) is 8.32 Å². The van der Waals surface area contributed by atoms with E-state index in [0.717, 1.165) is 5.69 Å². The molecule has 0 radical (unpaired) electrons. The average Bonchev–Trinajstić information content (AvgIpc) is 2.81. The first-order valence-corrected chi connectivity index (χ1v) is 15.2. The summed E-state index contributed by atoms with van der Waals surface area (Å²) in [5.41, 5.74) is -0.472. The first kappa shape index (κ1) is 27.4. The molecule has 0 bridgehead atoms. The minimum Gasteiger partial charge on any atom is -0.411 e. The second-order valence-corrected chi connectivity index (χ2v) is 15.5. The number of nitrogens with zero attached hydrogens (tertiary/aromatic N) is 3. The Morgan fingerprint density at radius 2 is 1.91 bits per heavy atom. The van der Waals surface area contributed by atoms with Crippen molar-refractivity contribution in [1.29, 1.82) is 0 Å². The highest BCUT2D eigenvalue weighted by molar-refractivity contribution is 6.74. The van der Waals surface area contributed by atoms with Crippen molar-refractivity contribution in [3.63, 3.8) is 0 Å². The number of rotatable bonds is 11. The second kappa shape index (κ2) is 12.2. The minimum atomic E-state index is -1.85. The van der Waals surface area contributed by atoms with Crippen molar-refractivity contribution in [3.05, 3.63) is 18.0 Å². The maximum Gasteiger partial charge on any atom is 0.225 e. The van der Waals surface area contributed by atoms with Gasteiger partial charge in [-0.15, -0.1) is 0 Å². The van der Waals surface area contributed by atoms with Crippen molar-refractivity contribution in [1.82, 2.24) is 9.97 Å². The summed E-state index contributed by atoms with van der Waals surface area (Å²) in [5.74, 6) is 0.640. The maximum absolute atomic E-state index is 15.2. The van der Waals surface area contributed by atoms with Crippen LogP contribution in [0.3, 0.4) is 0 Å². The Hall–Kier alpha value is -1.17. The first-order chi connectivity index (χ1) is 16.1. The van der Waals surface area contributed by atoms with Gasteiger partial charge in [-0.25, -0.2) is 14.4 Å². The molecule has 0 saturated carbocycles. The number of halogens is 1. The molecule has 0 amide bonds. The van der Waals surface area contributed by atoms with E-state index < -0.39 is 14.0 Å². The second-order valence-electron chi connectivity index (χ2n) is 10.7. The molecule has 194 valence electrons. The fourth-order valence-electron chi connectivity index (χ4n) is 3.56. The highest BCUT2D eigenvalue weighted by atomic mass is 28.4. The third kappa shape index (κ3) is 8.20. The van der Waals surface area contributed by atoms with Crippen molar-refractivity contribution in [2.75, 3.05) is 64.2 Å². The number of anilines is 1. The normalized spacial score (nSPS) is 21.6. The number of hydrogen-bond acceptors (Lipinski definition) is 8. The van der Waals surface area contributed by atoms with E-state index in [1.165, 1.54) is 0 Å². The lowest BCUT2D eigenvalue weighted by molar-refractivity contribution is -0.119. The molecular weight excluding hydrogens is 457 g/mol. The molecule has 10 heteroatoms. The van der Waals surface area contributed by atoms with Crippen LogP contribution in [0.1, 0.15) is 39.3 Å². The maximum atomic E-state index is 15.2. The Morgan fingerprint density at radius 3 is 2.59 bits per heavy atom. The summed E-state index contributed by atoms with van der Waals surface area (Å²) in [5, 5.41) is 0.146. The van der Waals surface area contributed by atoms with E-state index in [2.05, 4.69) is 43.8 Å². The van der Waals surface area contributed by atoms with Gasteiger partial charge in [0.25, 0.3) is 0 Å². The number of ether oxygens (including phenoxy) is 4. The van der Waals surface area contributed by atoms with Gasteiger partial charge in [0.1, 0.15) is 11.8 Å². The van der Waals surface area contributed by atoms with Crippen molar-refractivity contribution < 1.29 is 27.8 Å². The first-order valence-electron chi connectivity index (χ1n) is 12.3. The molecular formula is C24H42FN3O5Si. The topological polar surface area (TPSA) is 75.2 Å². The standard InChI is InChI=1S/C24H42FN3O5Si/c1-23(2,3)34(4,5)33-16-20-6-9-26-22(27-20)28-10-7-24(25,8-11-28)19-31-13-12-29-17-21-18-30-14-15-32-21/h6,9,21H,7-8,10-19H2,1-5H3. The number of hydrogen-bond donors (Lipinski definition) is 0. The highest BCUT2D eigenvalue weighted by Gasteiger charge is 2.38. The van der Waals surface area contributed by atoms with Crippen LogP contribution in [0.25, 0.3) is 0 Å². The Balaban J connectivity index is 1.37. The fraction of sp³-hybridized carbons (Fsp3) is 0.833. The van der Waals surface area contributed by atoms with Gasteiger partial charge in [0.05, 0.1) is 58.5 Å². The van der Waals surface area contributed by atoms with Gasteiger partial charge in [-0.1, -0.05) is 20.8 Å². The van der Waals surface area contributed by atoms with Gasteiger partial charge in [-0.2, -0.15) is 0 Å². The van der Waals surface area contributed by atoms with E-state index in [4.69, 9.17) is 23.4 Å². The van der Waals surface area contributed by atoms with Gasteiger partial charge >= 0.3 is 0 Å². The molecule has 2 aliphatic heterocycles. The summed E-state index contributed by atoms with van der Waals surface area (Å²) in [6, 6.07) is 1.89. The Kier molecular flexibility index (Phi) is 9.82. The van der Waals surface area contributed by atoms with Gasteiger partial charge in [0.2, 0.25) is 5.95 Å². The van der Waals surface area contributed by atoms with Crippen LogP contribution in [0, 0.1) is 0 Å². The predicted octanol–water partition coefficient (Wildman–Crippen LogP) is 3.76. The van der Waals surface area contributed by atoms with Crippen molar-refractivity contribution >= 4 is 14.3 Å². The molecule has 0 aliphatic carbocycles. The van der Waals surface area contributed by atoms with Crippen LogP contribution in [-0.2, 0) is 30.0 Å². The molecule has 0 N–H and O–H groups in total. The lowest BCUT2D eigenvalue weighted by atomic mass is 9.94. The molecule has 0 spiro atoms. The fourth-order valence-corrected chi connectivity index (χ4v) is 4.50. The number of alkyl halides is 1. The van der Waals surface area contributed by atoms with Crippen LogP contribution in [0.4, 0.5) is 10.3 Å². The van der Waals surface area contributed by atoms with E-state index in [1.807, 2.05) is 11.0 Å². The largest absolute Gasteiger partial charge is 0.411 e. The molecule has 34 heavy (non-hydrogen) atoms. The Labute approximate surface area is 204 Å². The van der Waals surface area contributed by atoms with E-state index >= 15 is 4.39 Å². The zero-order valence-corrected chi connectivity index (χ0v) is 22.5. The SMILES string of the molecule is CC(C)(C)[Si](C)(C)OCc1ccnc(N2CCC(F)(COCCOCC3COCCO3)CC2)n1. The number of aromatic nitrogens is 2. The lowest BCUT2D eigenvalue weighted by Gasteiger charge is -2.37. The third-order valence-corrected chi connectivity index (χ3v) is 11.4. The zero-order valence-electron chi connectivity index (χ0n) is 21.5. The van der Waals surface area contributed by atoms with Crippen molar-refractivity contribution in [3.8, 4) is 0 Å². The average molecular weight is 500 g/mol. The van der Waals surface area contributed by atoms with E-state index in [-0.39, 0.29) is 17.7 Å².